The van der Waals surface area contributed by atoms with Crippen LogP contribution in [0.1, 0.15) is 65.2 Å². The van der Waals surface area contributed by atoms with Crippen LogP contribution in [0.4, 0.5) is 0 Å². The van der Waals surface area contributed by atoms with Crippen molar-refractivity contribution in [3.63, 3.8) is 0 Å². The Morgan fingerprint density at radius 2 is 1.87 bits per heavy atom. The van der Waals surface area contributed by atoms with Gasteiger partial charge in [0, 0.05) is 0 Å². The Kier molecular flexibility index (Phi) is 2.37. The summed E-state index contributed by atoms with van der Waals surface area (Å²) in [4.78, 5) is 0. The highest BCUT2D eigenvalue weighted by atomic mass is 14.6. The highest BCUT2D eigenvalue weighted by Gasteiger charge is 2.50. The molecule has 0 radical (unpaired) electrons. The minimum Gasteiger partial charge on any atom is -0.0625 e. The minimum atomic E-state index is 0.748. The number of fused-ring (bicyclic) bond motifs is 3. The molecule has 3 aliphatic carbocycles. The Labute approximate surface area is 94.8 Å². The highest BCUT2D eigenvalue weighted by molar-refractivity contribution is 5.00. The molecule has 0 aliphatic heterocycles. The van der Waals surface area contributed by atoms with Crippen LogP contribution >= 0.6 is 0 Å². The number of hydrogen-bond acceptors (Lipinski definition) is 0. The predicted octanol–water partition coefficient (Wildman–Crippen LogP) is 4.64. The van der Waals surface area contributed by atoms with Crippen molar-refractivity contribution in [2.45, 2.75) is 65.2 Å². The molecule has 0 heteroatoms. The van der Waals surface area contributed by atoms with Crippen LogP contribution in [-0.2, 0) is 0 Å². The van der Waals surface area contributed by atoms with Crippen LogP contribution in [0.15, 0.2) is 0 Å². The summed E-state index contributed by atoms with van der Waals surface area (Å²) in [6, 6.07) is 0. The zero-order valence-corrected chi connectivity index (χ0v) is 10.5. The van der Waals surface area contributed by atoms with E-state index in [-0.39, 0.29) is 0 Å². The van der Waals surface area contributed by atoms with Gasteiger partial charge in [0.15, 0.2) is 0 Å². The van der Waals surface area contributed by atoms with E-state index in [0.717, 1.165) is 29.1 Å². The lowest BCUT2D eigenvalue weighted by atomic mass is 9.57. The van der Waals surface area contributed by atoms with Crippen molar-refractivity contribution in [1.82, 2.24) is 0 Å². The Bertz CT molecular complexity index is 244. The van der Waals surface area contributed by atoms with Gasteiger partial charge in [0.25, 0.3) is 0 Å². The average Bonchev–Trinajstić information content (AvgIpc) is 2.53. The van der Waals surface area contributed by atoms with E-state index in [2.05, 4.69) is 13.8 Å². The van der Waals surface area contributed by atoms with E-state index >= 15 is 0 Å². The van der Waals surface area contributed by atoms with Crippen LogP contribution in [0.2, 0.25) is 0 Å². The molecule has 0 nitrogen and oxygen atoms in total. The molecule has 3 rings (SSSR count). The third kappa shape index (κ3) is 1.56. The van der Waals surface area contributed by atoms with Crippen LogP contribution in [0.3, 0.4) is 0 Å². The first-order chi connectivity index (χ1) is 7.19. The second-order valence-corrected chi connectivity index (χ2v) is 7.05. The molecule has 0 saturated heterocycles. The summed E-state index contributed by atoms with van der Waals surface area (Å²) in [6.07, 6.45) is 12.4. The third-order valence-electron chi connectivity index (χ3n) is 5.94. The molecule has 0 aromatic carbocycles. The van der Waals surface area contributed by atoms with Gasteiger partial charge in [-0.1, -0.05) is 33.1 Å². The first kappa shape index (κ1) is 10.2. The van der Waals surface area contributed by atoms with Gasteiger partial charge in [-0.3, -0.25) is 0 Å². The molecule has 86 valence electrons. The molecule has 0 aromatic heterocycles. The molecule has 0 heterocycles. The number of hydrogen-bond donors (Lipinski definition) is 0. The molecular weight excluding hydrogens is 180 g/mol. The average molecular weight is 206 g/mol. The van der Waals surface area contributed by atoms with Crippen molar-refractivity contribution in [2.75, 3.05) is 0 Å². The van der Waals surface area contributed by atoms with Gasteiger partial charge < -0.3 is 0 Å². The molecule has 0 spiro atoms. The van der Waals surface area contributed by atoms with E-state index in [4.69, 9.17) is 0 Å². The van der Waals surface area contributed by atoms with Crippen molar-refractivity contribution >= 4 is 0 Å². The zero-order valence-electron chi connectivity index (χ0n) is 10.5. The topological polar surface area (TPSA) is 0 Å². The van der Waals surface area contributed by atoms with Gasteiger partial charge in [-0.05, 0) is 61.2 Å². The van der Waals surface area contributed by atoms with Crippen molar-refractivity contribution in [2.24, 2.45) is 29.1 Å². The summed E-state index contributed by atoms with van der Waals surface area (Å²) in [6.45, 7) is 5.09. The Morgan fingerprint density at radius 3 is 2.73 bits per heavy atom. The zero-order chi connectivity index (χ0) is 10.5. The second-order valence-electron chi connectivity index (χ2n) is 7.05. The molecule has 3 aliphatic rings. The second kappa shape index (κ2) is 3.50. The van der Waals surface area contributed by atoms with Crippen LogP contribution in [0.25, 0.3) is 0 Å². The molecule has 3 fully saturated rings. The Morgan fingerprint density at radius 1 is 1.07 bits per heavy atom. The SMILES string of the molecule is CC1CC2C3CCCCC3CCC2(C)C1. The van der Waals surface area contributed by atoms with Crippen molar-refractivity contribution in [1.29, 1.82) is 0 Å². The molecule has 5 atom stereocenters. The molecule has 0 N–H and O–H groups in total. The summed E-state index contributed by atoms with van der Waals surface area (Å²) < 4.78 is 0. The molecule has 3 saturated carbocycles. The first-order valence-corrected chi connectivity index (χ1v) is 7.19. The maximum Gasteiger partial charge on any atom is -0.0292 e. The van der Waals surface area contributed by atoms with Crippen LogP contribution in [0.5, 0.6) is 0 Å². The molecule has 5 unspecified atom stereocenters. The van der Waals surface area contributed by atoms with E-state index in [0.29, 0.717) is 0 Å². The van der Waals surface area contributed by atoms with Gasteiger partial charge in [-0.25, -0.2) is 0 Å². The highest BCUT2D eigenvalue weighted by Crippen LogP contribution is 2.60. The molecule has 0 aromatic rings. The maximum absolute atomic E-state index is 2.60. The van der Waals surface area contributed by atoms with Crippen molar-refractivity contribution in [3.8, 4) is 0 Å². The molecule has 15 heavy (non-hydrogen) atoms. The first-order valence-electron chi connectivity index (χ1n) is 7.19. The summed E-state index contributed by atoms with van der Waals surface area (Å²) in [7, 11) is 0. The fourth-order valence-electron chi connectivity index (χ4n) is 5.37. The number of rotatable bonds is 0. The smallest absolute Gasteiger partial charge is 0.0292 e. The van der Waals surface area contributed by atoms with Gasteiger partial charge in [0.05, 0.1) is 0 Å². The van der Waals surface area contributed by atoms with Crippen molar-refractivity contribution in [3.05, 3.63) is 0 Å². The predicted molar refractivity (Wildman–Crippen MR) is 64.7 cm³/mol. The fourth-order valence-corrected chi connectivity index (χ4v) is 5.37. The van der Waals surface area contributed by atoms with E-state index in [1.807, 2.05) is 0 Å². The minimum absolute atomic E-state index is 0.748. The van der Waals surface area contributed by atoms with Crippen molar-refractivity contribution < 1.29 is 0 Å². The summed E-state index contributed by atoms with van der Waals surface area (Å²) in [5.74, 6) is 4.37. The lowest BCUT2D eigenvalue weighted by Gasteiger charge is -2.48. The summed E-state index contributed by atoms with van der Waals surface area (Å²) >= 11 is 0. The van der Waals surface area contributed by atoms with Gasteiger partial charge in [-0.15, -0.1) is 0 Å². The van der Waals surface area contributed by atoms with Crippen LogP contribution in [0, 0.1) is 29.1 Å². The monoisotopic (exact) mass is 206 g/mol. The molecule has 0 bridgehead atoms. The van der Waals surface area contributed by atoms with E-state index in [9.17, 15) is 0 Å². The van der Waals surface area contributed by atoms with E-state index < -0.39 is 0 Å². The van der Waals surface area contributed by atoms with Gasteiger partial charge in [-0.2, -0.15) is 0 Å². The third-order valence-corrected chi connectivity index (χ3v) is 5.94. The van der Waals surface area contributed by atoms with Gasteiger partial charge in [0.1, 0.15) is 0 Å². The van der Waals surface area contributed by atoms with Crippen LogP contribution in [-0.4, -0.2) is 0 Å². The Hall–Kier alpha value is 0. The molecule has 0 amide bonds. The van der Waals surface area contributed by atoms with Gasteiger partial charge in [0.2, 0.25) is 0 Å². The summed E-state index contributed by atoms with van der Waals surface area (Å²) in [5.41, 5.74) is 0.748. The summed E-state index contributed by atoms with van der Waals surface area (Å²) in [5, 5.41) is 0. The lowest BCUT2D eigenvalue weighted by molar-refractivity contribution is 0.0153. The Balaban J connectivity index is 1.83. The standard InChI is InChI=1S/C15H26/c1-11-9-14-13-6-4-3-5-12(13)7-8-15(14,2)10-11/h11-14H,3-10H2,1-2H3. The molecular formula is C15H26. The quantitative estimate of drug-likeness (QED) is 0.541. The normalized spacial score (nSPS) is 54.8. The largest absolute Gasteiger partial charge is 0.0625 e. The maximum atomic E-state index is 2.60. The van der Waals surface area contributed by atoms with E-state index in [1.165, 1.54) is 19.3 Å². The fraction of sp³-hybridized carbons (Fsp3) is 1.00. The van der Waals surface area contributed by atoms with Gasteiger partial charge >= 0.3 is 0 Å². The van der Waals surface area contributed by atoms with Crippen LogP contribution < -0.4 is 0 Å². The lowest BCUT2D eigenvalue weighted by Crippen LogP contribution is -2.39. The van der Waals surface area contributed by atoms with E-state index in [1.54, 1.807) is 32.1 Å².